The van der Waals surface area contributed by atoms with Gasteiger partial charge in [0.05, 0.1) is 11.7 Å². The van der Waals surface area contributed by atoms with Gasteiger partial charge >= 0.3 is 0 Å². The summed E-state index contributed by atoms with van der Waals surface area (Å²) in [6.45, 7) is 0.828. The summed E-state index contributed by atoms with van der Waals surface area (Å²) >= 11 is 0. The lowest BCUT2D eigenvalue weighted by molar-refractivity contribution is -0.136. The molecule has 0 radical (unpaired) electrons. The molecule has 0 bridgehead atoms. The highest BCUT2D eigenvalue weighted by Crippen LogP contribution is 2.35. The Balaban J connectivity index is 1.52. The Hall–Kier alpha value is -2.57. The molecular weight excluding hydrogens is 316 g/mol. The number of carbonyl (C=O) groups is 1. The molecule has 25 heavy (non-hydrogen) atoms. The number of aromatic nitrogens is 4. The summed E-state index contributed by atoms with van der Waals surface area (Å²) in [6, 6.07) is 3.71. The van der Waals surface area contributed by atoms with Gasteiger partial charge in [-0.25, -0.2) is 19.9 Å². The van der Waals surface area contributed by atoms with E-state index in [0.717, 1.165) is 37.9 Å². The minimum Gasteiger partial charge on any atom is -0.334 e. The van der Waals surface area contributed by atoms with Crippen LogP contribution in [0.3, 0.4) is 0 Å². The predicted molar refractivity (Wildman–Crippen MR) is 93.0 cm³/mol. The first-order valence-corrected chi connectivity index (χ1v) is 8.99. The van der Waals surface area contributed by atoms with Crippen molar-refractivity contribution >= 4 is 17.8 Å². The number of amides is 1. The number of hydrogen-bond acceptors (Lipinski definition) is 6. The molecule has 130 valence electrons. The molecule has 7 nitrogen and oxygen atoms in total. The molecule has 1 saturated heterocycles. The van der Waals surface area contributed by atoms with Crippen LogP contribution in [-0.4, -0.2) is 37.3 Å². The molecule has 0 unspecified atom stereocenters. The molecule has 2 aromatic rings. The van der Waals surface area contributed by atoms with E-state index in [4.69, 9.17) is 0 Å². The van der Waals surface area contributed by atoms with E-state index in [9.17, 15) is 4.79 Å². The Morgan fingerprint density at radius 3 is 2.56 bits per heavy atom. The Bertz CT molecular complexity index is 731. The second-order valence-corrected chi connectivity index (χ2v) is 6.67. The Labute approximate surface area is 146 Å². The number of nitrogens with zero attached hydrogens (tertiary/aromatic N) is 5. The zero-order valence-corrected chi connectivity index (χ0v) is 14.1. The van der Waals surface area contributed by atoms with Crippen LogP contribution in [0.25, 0.3) is 0 Å². The summed E-state index contributed by atoms with van der Waals surface area (Å²) in [5, 5.41) is 3.02. The van der Waals surface area contributed by atoms with Crippen molar-refractivity contribution in [2.45, 2.75) is 44.6 Å². The van der Waals surface area contributed by atoms with Gasteiger partial charge in [0.25, 0.3) is 0 Å². The Kier molecular flexibility index (Phi) is 4.54. The summed E-state index contributed by atoms with van der Waals surface area (Å²) in [7, 11) is 0. The zero-order valence-electron chi connectivity index (χ0n) is 14.1. The highest BCUT2D eigenvalue weighted by atomic mass is 16.2. The maximum absolute atomic E-state index is 12.9. The minimum absolute atomic E-state index is 0.0494. The Morgan fingerprint density at radius 2 is 1.76 bits per heavy atom. The molecule has 1 saturated carbocycles. The maximum Gasteiger partial charge on any atom is 0.229 e. The molecule has 3 heterocycles. The lowest BCUT2D eigenvalue weighted by atomic mass is 10.0. The summed E-state index contributed by atoms with van der Waals surface area (Å²) in [6.07, 6.45) is 11.4. The van der Waals surface area contributed by atoms with Crippen molar-refractivity contribution in [1.29, 1.82) is 0 Å². The third-order valence-electron chi connectivity index (χ3n) is 5.05. The van der Waals surface area contributed by atoms with Crippen molar-refractivity contribution in [1.82, 2.24) is 24.8 Å². The van der Waals surface area contributed by atoms with Crippen LogP contribution in [0.5, 0.6) is 0 Å². The predicted octanol–water partition coefficient (Wildman–Crippen LogP) is 2.86. The first-order valence-electron chi connectivity index (χ1n) is 8.99. The van der Waals surface area contributed by atoms with E-state index >= 15 is 0 Å². The van der Waals surface area contributed by atoms with Crippen molar-refractivity contribution in [2.75, 3.05) is 11.9 Å². The fourth-order valence-corrected chi connectivity index (χ4v) is 3.83. The molecule has 2 fully saturated rings. The number of likely N-dealkylation sites (tertiary alicyclic amines) is 1. The SMILES string of the molecule is O=C(C1CCCC1)N1CCC[C@H]1c1ccnc(Nc2ncccn2)n1. The van der Waals surface area contributed by atoms with Gasteiger partial charge in [0, 0.05) is 31.1 Å². The van der Waals surface area contributed by atoms with Gasteiger partial charge in [-0.05, 0) is 37.8 Å². The fourth-order valence-electron chi connectivity index (χ4n) is 3.83. The first-order chi connectivity index (χ1) is 12.3. The number of carbonyl (C=O) groups excluding carboxylic acids is 1. The second-order valence-electron chi connectivity index (χ2n) is 6.67. The molecule has 2 aliphatic rings. The van der Waals surface area contributed by atoms with Gasteiger partial charge in [0.15, 0.2) is 0 Å². The van der Waals surface area contributed by atoms with Gasteiger partial charge in [-0.2, -0.15) is 0 Å². The van der Waals surface area contributed by atoms with Crippen LogP contribution < -0.4 is 5.32 Å². The summed E-state index contributed by atoms with van der Waals surface area (Å²) < 4.78 is 0. The molecule has 1 amide bonds. The molecule has 1 N–H and O–H groups in total. The van der Waals surface area contributed by atoms with E-state index in [1.807, 2.05) is 11.0 Å². The van der Waals surface area contributed by atoms with E-state index in [2.05, 4.69) is 25.3 Å². The lowest BCUT2D eigenvalue weighted by Crippen LogP contribution is -2.35. The van der Waals surface area contributed by atoms with Gasteiger partial charge in [-0.3, -0.25) is 10.1 Å². The number of hydrogen-bond donors (Lipinski definition) is 1. The monoisotopic (exact) mass is 338 g/mol. The van der Waals surface area contributed by atoms with Crippen LogP contribution in [-0.2, 0) is 4.79 Å². The third-order valence-corrected chi connectivity index (χ3v) is 5.05. The molecule has 1 aliphatic carbocycles. The summed E-state index contributed by atoms with van der Waals surface area (Å²) in [5.41, 5.74) is 0.886. The average molecular weight is 338 g/mol. The number of nitrogens with one attached hydrogen (secondary N) is 1. The van der Waals surface area contributed by atoms with Crippen molar-refractivity contribution in [2.24, 2.45) is 5.92 Å². The van der Waals surface area contributed by atoms with Gasteiger partial charge in [0.2, 0.25) is 17.8 Å². The largest absolute Gasteiger partial charge is 0.334 e. The average Bonchev–Trinajstić information content (AvgIpc) is 3.34. The third kappa shape index (κ3) is 3.45. The van der Waals surface area contributed by atoms with E-state index in [1.165, 1.54) is 12.8 Å². The van der Waals surface area contributed by atoms with Gasteiger partial charge in [-0.1, -0.05) is 12.8 Å². The standard InChI is InChI=1S/C18H22N6O/c25-16(13-5-1-2-6-13)24-12-3-7-15(24)14-8-11-21-18(22-14)23-17-19-9-4-10-20-17/h4,8-11,13,15H,1-3,5-7,12H2,(H,19,20,21,22,23)/t15-/m0/s1. The van der Waals surface area contributed by atoms with Crippen molar-refractivity contribution in [3.63, 3.8) is 0 Å². The quantitative estimate of drug-likeness (QED) is 0.923. The van der Waals surface area contributed by atoms with E-state index in [1.54, 1.807) is 24.7 Å². The molecule has 1 atom stereocenters. The van der Waals surface area contributed by atoms with E-state index in [0.29, 0.717) is 17.8 Å². The highest BCUT2D eigenvalue weighted by molar-refractivity contribution is 5.79. The molecule has 7 heteroatoms. The number of rotatable bonds is 4. The smallest absolute Gasteiger partial charge is 0.229 e. The maximum atomic E-state index is 12.9. The fraction of sp³-hybridized carbons (Fsp3) is 0.500. The molecule has 2 aromatic heterocycles. The molecule has 0 aromatic carbocycles. The van der Waals surface area contributed by atoms with E-state index in [-0.39, 0.29) is 12.0 Å². The van der Waals surface area contributed by atoms with Crippen LogP contribution in [0.1, 0.15) is 50.3 Å². The molecule has 1 aliphatic heterocycles. The van der Waals surface area contributed by atoms with Crippen LogP contribution in [0.2, 0.25) is 0 Å². The first kappa shape index (κ1) is 15.9. The van der Waals surface area contributed by atoms with Crippen molar-refractivity contribution in [3.05, 3.63) is 36.4 Å². The number of anilines is 2. The Morgan fingerprint density at radius 1 is 1.00 bits per heavy atom. The second kappa shape index (κ2) is 7.13. The van der Waals surface area contributed by atoms with Crippen molar-refractivity contribution in [3.8, 4) is 0 Å². The minimum atomic E-state index is 0.0494. The van der Waals surface area contributed by atoms with Crippen LogP contribution in [0.4, 0.5) is 11.9 Å². The van der Waals surface area contributed by atoms with Crippen LogP contribution in [0.15, 0.2) is 30.7 Å². The van der Waals surface area contributed by atoms with Gasteiger partial charge < -0.3 is 4.90 Å². The van der Waals surface area contributed by atoms with Gasteiger partial charge in [0.1, 0.15) is 0 Å². The van der Waals surface area contributed by atoms with Crippen molar-refractivity contribution < 1.29 is 4.79 Å². The normalized spacial score (nSPS) is 20.8. The lowest BCUT2D eigenvalue weighted by Gasteiger charge is -2.27. The molecule has 4 rings (SSSR count). The zero-order chi connectivity index (χ0) is 17.1. The summed E-state index contributed by atoms with van der Waals surface area (Å²) in [5.74, 6) is 1.44. The molecule has 0 spiro atoms. The van der Waals surface area contributed by atoms with Gasteiger partial charge in [-0.15, -0.1) is 0 Å². The topological polar surface area (TPSA) is 83.9 Å². The molecular formula is C18H22N6O. The highest BCUT2D eigenvalue weighted by Gasteiger charge is 2.35. The van der Waals surface area contributed by atoms with E-state index < -0.39 is 0 Å². The van der Waals surface area contributed by atoms with Crippen LogP contribution >= 0.6 is 0 Å². The summed E-state index contributed by atoms with van der Waals surface area (Å²) in [4.78, 5) is 32.0. The van der Waals surface area contributed by atoms with Crippen LogP contribution in [0, 0.1) is 5.92 Å².